The maximum atomic E-state index is 8.37. The Bertz CT molecular complexity index is 73.3. The average molecular weight is 148 g/mol. The summed E-state index contributed by atoms with van der Waals surface area (Å²) in [6.45, 7) is 6.09. The molecule has 0 bridgehead atoms. The van der Waals surface area contributed by atoms with E-state index in [2.05, 4.69) is 0 Å². The molecule has 0 aromatic carbocycles. The molecule has 62 valence electrons. The van der Waals surface area contributed by atoms with E-state index >= 15 is 0 Å². The minimum Gasteiger partial charge on any atom is -0.394 e. The Kier molecular flexibility index (Phi) is 5.58. The summed E-state index contributed by atoms with van der Waals surface area (Å²) in [5, 5.41) is 8.37. The van der Waals surface area contributed by atoms with E-state index in [1.165, 1.54) is 0 Å². The van der Waals surface area contributed by atoms with Gasteiger partial charge in [0.1, 0.15) is 0 Å². The Hall–Kier alpha value is -0.120. The molecule has 0 heterocycles. The number of hydrogen-bond donors (Lipinski definition) is 1. The average Bonchev–Trinajstić information content (AvgIpc) is 1.82. The third-order valence-electron chi connectivity index (χ3n) is 0.908. The molecule has 3 heteroatoms. The van der Waals surface area contributed by atoms with Gasteiger partial charge >= 0.3 is 0 Å². The first-order valence-corrected chi connectivity index (χ1v) is 3.54. The van der Waals surface area contributed by atoms with Gasteiger partial charge in [-0.15, -0.1) is 0 Å². The Labute approximate surface area is 62.0 Å². The summed E-state index contributed by atoms with van der Waals surface area (Å²) in [6, 6.07) is 0. The van der Waals surface area contributed by atoms with Crippen molar-refractivity contribution in [3.05, 3.63) is 0 Å². The molecule has 1 unspecified atom stereocenters. The van der Waals surface area contributed by atoms with Gasteiger partial charge in [0.05, 0.1) is 19.3 Å². The zero-order chi connectivity index (χ0) is 7.98. The second-order valence-electron chi connectivity index (χ2n) is 2.35. The molecule has 0 rings (SSSR count). The molecule has 3 nitrogen and oxygen atoms in total. The molecule has 0 amide bonds. The van der Waals surface area contributed by atoms with Crippen LogP contribution in [0.1, 0.15) is 20.8 Å². The van der Waals surface area contributed by atoms with Crippen LogP contribution < -0.4 is 0 Å². The van der Waals surface area contributed by atoms with Gasteiger partial charge < -0.3 is 14.6 Å². The molecule has 0 aliphatic carbocycles. The number of rotatable bonds is 5. The fraction of sp³-hybridized carbons (Fsp3) is 1.00. The van der Waals surface area contributed by atoms with Crippen molar-refractivity contribution in [1.29, 1.82) is 0 Å². The smallest absolute Gasteiger partial charge is 0.155 e. The van der Waals surface area contributed by atoms with E-state index in [1.54, 1.807) is 0 Å². The predicted molar refractivity (Wildman–Crippen MR) is 38.7 cm³/mol. The molecule has 0 aromatic heterocycles. The molecule has 0 saturated heterocycles. The minimum absolute atomic E-state index is 0.0474. The largest absolute Gasteiger partial charge is 0.394 e. The van der Waals surface area contributed by atoms with Gasteiger partial charge in [0.2, 0.25) is 0 Å². The number of aliphatic hydroxyl groups excluding tert-OH is 1. The van der Waals surface area contributed by atoms with Crippen molar-refractivity contribution in [3.8, 4) is 0 Å². The predicted octanol–water partition coefficient (Wildman–Crippen LogP) is 0.766. The lowest BCUT2D eigenvalue weighted by Gasteiger charge is -2.15. The maximum absolute atomic E-state index is 8.37. The second-order valence-corrected chi connectivity index (χ2v) is 2.35. The summed E-state index contributed by atoms with van der Waals surface area (Å²) in [6.07, 6.45) is -0.0409. The van der Waals surface area contributed by atoms with Gasteiger partial charge in [-0.2, -0.15) is 0 Å². The molecule has 1 N–H and O–H groups in total. The van der Waals surface area contributed by atoms with Crippen LogP contribution in [0.5, 0.6) is 0 Å². The molecule has 0 radical (unpaired) electrons. The summed E-state index contributed by atoms with van der Waals surface area (Å²) in [5.41, 5.74) is 0. The molecule has 0 fully saturated rings. The lowest BCUT2D eigenvalue weighted by molar-refractivity contribution is -0.155. The van der Waals surface area contributed by atoms with Crippen molar-refractivity contribution in [2.45, 2.75) is 33.2 Å². The first-order valence-electron chi connectivity index (χ1n) is 3.54. The lowest BCUT2D eigenvalue weighted by atomic mass is 10.5. The third kappa shape index (κ3) is 6.01. The molecule has 0 spiro atoms. The lowest BCUT2D eigenvalue weighted by Crippen LogP contribution is -2.19. The van der Waals surface area contributed by atoms with Gasteiger partial charge in [0.15, 0.2) is 6.29 Å². The van der Waals surface area contributed by atoms with E-state index < -0.39 is 0 Å². The SMILES string of the molecule is CC(C)OC(C)OCCO. The summed E-state index contributed by atoms with van der Waals surface area (Å²) < 4.78 is 10.2. The summed E-state index contributed by atoms with van der Waals surface area (Å²) in [7, 11) is 0. The van der Waals surface area contributed by atoms with E-state index in [-0.39, 0.29) is 19.0 Å². The highest BCUT2D eigenvalue weighted by molar-refractivity contribution is 4.38. The molecular weight excluding hydrogens is 132 g/mol. The highest BCUT2D eigenvalue weighted by Crippen LogP contribution is 1.97. The van der Waals surface area contributed by atoms with Crippen LogP contribution in [0.3, 0.4) is 0 Å². The van der Waals surface area contributed by atoms with Crippen molar-refractivity contribution in [2.24, 2.45) is 0 Å². The maximum Gasteiger partial charge on any atom is 0.155 e. The van der Waals surface area contributed by atoms with Crippen LogP contribution >= 0.6 is 0 Å². The molecule has 0 saturated carbocycles. The molecule has 10 heavy (non-hydrogen) atoms. The monoisotopic (exact) mass is 148 g/mol. The van der Waals surface area contributed by atoms with Crippen LogP contribution in [0.4, 0.5) is 0 Å². The first-order chi connectivity index (χ1) is 4.66. The third-order valence-corrected chi connectivity index (χ3v) is 0.908. The Morgan fingerprint density at radius 3 is 2.30 bits per heavy atom. The normalized spacial score (nSPS) is 14.1. The highest BCUT2D eigenvalue weighted by atomic mass is 16.7. The van der Waals surface area contributed by atoms with Gasteiger partial charge in [0, 0.05) is 0 Å². The Morgan fingerprint density at radius 1 is 1.30 bits per heavy atom. The molecule has 1 atom stereocenters. The second kappa shape index (κ2) is 5.65. The van der Waals surface area contributed by atoms with Crippen molar-refractivity contribution in [3.63, 3.8) is 0 Å². The van der Waals surface area contributed by atoms with E-state index in [4.69, 9.17) is 14.6 Å². The van der Waals surface area contributed by atoms with Crippen LogP contribution in [0.2, 0.25) is 0 Å². The van der Waals surface area contributed by atoms with Gasteiger partial charge in [-0.3, -0.25) is 0 Å². The van der Waals surface area contributed by atoms with Crippen molar-refractivity contribution in [1.82, 2.24) is 0 Å². The topological polar surface area (TPSA) is 38.7 Å². The van der Waals surface area contributed by atoms with Gasteiger partial charge in [-0.05, 0) is 20.8 Å². The Morgan fingerprint density at radius 2 is 1.90 bits per heavy atom. The highest BCUT2D eigenvalue weighted by Gasteiger charge is 2.02. The summed E-state index contributed by atoms with van der Waals surface area (Å²) in [5.74, 6) is 0. The van der Waals surface area contributed by atoms with Crippen LogP contribution in [0.15, 0.2) is 0 Å². The molecule has 0 aromatic rings. The van der Waals surface area contributed by atoms with Crippen molar-refractivity contribution < 1.29 is 14.6 Å². The number of hydrogen-bond acceptors (Lipinski definition) is 3. The van der Waals surface area contributed by atoms with Crippen LogP contribution in [0, 0.1) is 0 Å². The quantitative estimate of drug-likeness (QED) is 0.585. The molecular formula is C7H16O3. The van der Waals surface area contributed by atoms with Gasteiger partial charge in [-0.25, -0.2) is 0 Å². The fourth-order valence-corrected chi connectivity index (χ4v) is 0.641. The minimum atomic E-state index is -0.216. The van der Waals surface area contributed by atoms with Gasteiger partial charge in [0.25, 0.3) is 0 Å². The van der Waals surface area contributed by atoms with Crippen molar-refractivity contribution >= 4 is 0 Å². The summed E-state index contributed by atoms with van der Waals surface area (Å²) >= 11 is 0. The molecule has 0 aliphatic rings. The van der Waals surface area contributed by atoms with E-state index in [9.17, 15) is 0 Å². The standard InChI is InChI=1S/C7H16O3/c1-6(2)10-7(3)9-5-4-8/h6-8H,4-5H2,1-3H3. The van der Waals surface area contributed by atoms with Crippen molar-refractivity contribution in [2.75, 3.05) is 13.2 Å². The van der Waals surface area contributed by atoms with Crippen LogP contribution in [-0.2, 0) is 9.47 Å². The van der Waals surface area contributed by atoms with E-state index in [0.717, 1.165) is 0 Å². The van der Waals surface area contributed by atoms with E-state index in [0.29, 0.717) is 6.61 Å². The first kappa shape index (κ1) is 9.88. The molecule has 0 aliphatic heterocycles. The fourth-order valence-electron chi connectivity index (χ4n) is 0.641. The zero-order valence-corrected chi connectivity index (χ0v) is 6.83. The van der Waals surface area contributed by atoms with Gasteiger partial charge in [-0.1, -0.05) is 0 Å². The Balaban J connectivity index is 3.16. The number of ether oxygens (including phenoxy) is 2. The number of aliphatic hydroxyl groups is 1. The van der Waals surface area contributed by atoms with Crippen LogP contribution in [-0.4, -0.2) is 30.7 Å². The summed E-state index contributed by atoms with van der Waals surface area (Å²) in [4.78, 5) is 0. The van der Waals surface area contributed by atoms with E-state index in [1.807, 2.05) is 20.8 Å². The zero-order valence-electron chi connectivity index (χ0n) is 6.83. The van der Waals surface area contributed by atoms with Crippen LogP contribution in [0.25, 0.3) is 0 Å².